The highest BCUT2D eigenvalue weighted by Gasteiger charge is 2.57. The van der Waals surface area contributed by atoms with Gasteiger partial charge in [-0.1, -0.05) is 29.3 Å². The van der Waals surface area contributed by atoms with E-state index >= 15 is 0 Å². The third kappa shape index (κ3) is 3.70. The van der Waals surface area contributed by atoms with E-state index in [4.69, 9.17) is 23.2 Å². The Balaban J connectivity index is 0.00000176. The molecule has 1 aromatic carbocycles. The van der Waals surface area contributed by atoms with Gasteiger partial charge in [0, 0.05) is 22.5 Å². The van der Waals surface area contributed by atoms with Crippen LogP contribution in [0.4, 0.5) is 0 Å². The zero-order chi connectivity index (χ0) is 14.9. The van der Waals surface area contributed by atoms with Crippen molar-refractivity contribution in [3.63, 3.8) is 0 Å². The topological polar surface area (TPSA) is 41.1 Å². The van der Waals surface area contributed by atoms with E-state index in [1.165, 1.54) is 0 Å². The Bertz CT molecular complexity index is 524. The first-order chi connectivity index (χ1) is 10.1. The van der Waals surface area contributed by atoms with Gasteiger partial charge in [0.25, 0.3) is 0 Å². The van der Waals surface area contributed by atoms with Crippen LogP contribution in [-0.4, -0.2) is 25.5 Å². The van der Waals surface area contributed by atoms with Crippen LogP contribution in [0.5, 0.6) is 0 Å². The molecule has 1 saturated heterocycles. The highest BCUT2D eigenvalue weighted by Crippen LogP contribution is 2.58. The minimum atomic E-state index is 0. The average Bonchev–Trinajstić information content (AvgIpc) is 3.16. The Labute approximate surface area is 147 Å². The quantitative estimate of drug-likeness (QED) is 0.860. The Kier molecular flexibility index (Phi) is 6.00. The van der Waals surface area contributed by atoms with Gasteiger partial charge in [-0.15, -0.1) is 12.4 Å². The second-order valence-electron chi connectivity index (χ2n) is 6.11. The molecule has 2 N–H and O–H groups in total. The number of piperidine rings is 1. The van der Waals surface area contributed by atoms with Crippen molar-refractivity contribution in [2.75, 3.05) is 19.6 Å². The lowest BCUT2D eigenvalue weighted by Gasteiger charge is -2.23. The molecule has 1 unspecified atom stereocenters. The van der Waals surface area contributed by atoms with Crippen molar-refractivity contribution in [3.8, 4) is 0 Å². The van der Waals surface area contributed by atoms with Gasteiger partial charge in [-0.3, -0.25) is 4.79 Å². The summed E-state index contributed by atoms with van der Waals surface area (Å²) < 4.78 is 0. The first kappa shape index (κ1) is 17.9. The van der Waals surface area contributed by atoms with Crippen LogP contribution in [0, 0.1) is 11.3 Å². The van der Waals surface area contributed by atoms with Crippen LogP contribution in [0.15, 0.2) is 18.2 Å². The molecule has 0 aromatic heterocycles. The van der Waals surface area contributed by atoms with Crippen LogP contribution in [0.1, 0.15) is 24.8 Å². The predicted molar refractivity (Wildman–Crippen MR) is 93.1 cm³/mol. The molecule has 3 rings (SSSR count). The van der Waals surface area contributed by atoms with E-state index in [9.17, 15) is 4.79 Å². The van der Waals surface area contributed by atoms with Crippen LogP contribution in [0.3, 0.4) is 0 Å². The first-order valence-corrected chi connectivity index (χ1v) is 8.29. The van der Waals surface area contributed by atoms with Gasteiger partial charge < -0.3 is 10.6 Å². The predicted octanol–water partition coefficient (Wildman–Crippen LogP) is 3.46. The maximum absolute atomic E-state index is 12.2. The molecule has 1 atom stereocenters. The van der Waals surface area contributed by atoms with Crippen molar-refractivity contribution in [2.24, 2.45) is 11.3 Å². The second kappa shape index (κ2) is 7.39. The second-order valence-corrected chi connectivity index (χ2v) is 6.92. The molecule has 6 heteroatoms. The lowest BCUT2D eigenvalue weighted by Crippen LogP contribution is -2.34. The minimum Gasteiger partial charge on any atom is -0.356 e. The average molecular weight is 364 g/mol. The first-order valence-electron chi connectivity index (χ1n) is 7.54. The molecule has 0 radical (unpaired) electrons. The fourth-order valence-electron chi connectivity index (χ4n) is 3.40. The molecule has 1 aliphatic carbocycles. The summed E-state index contributed by atoms with van der Waals surface area (Å²) in [6.45, 7) is 2.67. The number of rotatable bonds is 4. The maximum atomic E-state index is 12.2. The summed E-state index contributed by atoms with van der Waals surface area (Å²) in [5.41, 5.74) is 1.20. The van der Waals surface area contributed by atoms with E-state index in [-0.39, 0.29) is 29.6 Å². The molecular formula is C16H21Cl3N2O. The molecule has 22 heavy (non-hydrogen) atoms. The van der Waals surface area contributed by atoms with Crippen LogP contribution in [0.2, 0.25) is 10.0 Å². The summed E-state index contributed by atoms with van der Waals surface area (Å²) in [6, 6.07) is 5.49. The SMILES string of the molecule is Cl.O=C(NCCc1c(Cl)cccc1Cl)C1CC12CCNCC2. The summed E-state index contributed by atoms with van der Waals surface area (Å²) in [4.78, 5) is 12.2. The standard InChI is InChI=1S/C16H20Cl2N2O.ClH/c17-13-2-1-3-14(18)11(13)4-7-20-15(21)12-10-16(12)5-8-19-9-6-16;/h1-3,12,19H,4-10H2,(H,20,21);1H. The van der Waals surface area contributed by atoms with Gasteiger partial charge in [0.2, 0.25) is 5.91 Å². The van der Waals surface area contributed by atoms with E-state index in [1.54, 1.807) is 0 Å². The van der Waals surface area contributed by atoms with E-state index < -0.39 is 0 Å². The smallest absolute Gasteiger partial charge is 0.223 e. The van der Waals surface area contributed by atoms with E-state index in [1.807, 2.05) is 18.2 Å². The molecule has 0 bridgehead atoms. The molecule has 2 aliphatic rings. The van der Waals surface area contributed by atoms with Gasteiger partial charge in [0.15, 0.2) is 0 Å². The molecule has 3 nitrogen and oxygen atoms in total. The fourth-order valence-corrected chi connectivity index (χ4v) is 3.99. The number of carbonyl (C=O) groups excluding carboxylic acids is 1. The van der Waals surface area contributed by atoms with Crippen molar-refractivity contribution in [3.05, 3.63) is 33.8 Å². The molecular weight excluding hydrogens is 343 g/mol. The Morgan fingerprint density at radius 1 is 1.27 bits per heavy atom. The number of halogens is 3. The van der Waals surface area contributed by atoms with Gasteiger partial charge in [-0.25, -0.2) is 0 Å². The Hall–Kier alpha value is -0.480. The van der Waals surface area contributed by atoms with Crippen LogP contribution in [-0.2, 0) is 11.2 Å². The monoisotopic (exact) mass is 362 g/mol. The summed E-state index contributed by atoms with van der Waals surface area (Å²) in [6.07, 6.45) is 3.97. The Morgan fingerprint density at radius 3 is 2.55 bits per heavy atom. The van der Waals surface area contributed by atoms with Gasteiger partial charge in [-0.05, 0) is 61.9 Å². The van der Waals surface area contributed by atoms with Gasteiger partial charge in [-0.2, -0.15) is 0 Å². The molecule has 1 aromatic rings. The zero-order valence-corrected chi connectivity index (χ0v) is 14.7. The van der Waals surface area contributed by atoms with Gasteiger partial charge in [0.05, 0.1) is 0 Å². The van der Waals surface area contributed by atoms with Crippen molar-refractivity contribution >= 4 is 41.5 Å². The molecule has 1 amide bonds. The summed E-state index contributed by atoms with van der Waals surface area (Å²) in [7, 11) is 0. The van der Waals surface area contributed by atoms with Crippen LogP contribution < -0.4 is 10.6 Å². The third-order valence-electron chi connectivity index (χ3n) is 4.84. The zero-order valence-electron chi connectivity index (χ0n) is 12.3. The van der Waals surface area contributed by atoms with Gasteiger partial charge in [0.1, 0.15) is 0 Å². The van der Waals surface area contributed by atoms with Crippen molar-refractivity contribution in [1.82, 2.24) is 10.6 Å². The van der Waals surface area contributed by atoms with Crippen molar-refractivity contribution < 1.29 is 4.79 Å². The van der Waals surface area contributed by atoms with Crippen molar-refractivity contribution in [1.29, 1.82) is 0 Å². The molecule has 122 valence electrons. The lowest BCUT2D eigenvalue weighted by molar-refractivity contribution is -0.123. The van der Waals surface area contributed by atoms with Crippen molar-refractivity contribution in [2.45, 2.75) is 25.7 Å². The van der Waals surface area contributed by atoms with Gasteiger partial charge >= 0.3 is 0 Å². The highest BCUT2D eigenvalue weighted by atomic mass is 35.5. The minimum absolute atomic E-state index is 0. The molecule has 1 spiro atoms. The van der Waals surface area contributed by atoms with E-state index in [2.05, 4.69) is 10.6 Å². The fraction of sp³-hybridized carbons (Fsp3) is 0.562. The molecule has 1 saturated carbocycles. The number of carbonyl (C=O) groups is 1. The largest absolute Gasteiger partial charge is 0.356 e. The number of benzene rings is 1. The molecule has 1 heterocycles. The number of nitrogens with one attached hydrogen (secondary N) is 2. The number of hydrogen-bond acceptors (Lipinski definition) is 2. The molecule has 2 fully saturated rings. The lowest BCUT2D eigenvalue weighted by atomic mass is 9.92. The summed E-state index contributed by atoms with van der Waals surface area (Å²) >= 11 is 12.3. The maximum Gasteiger partial charge on any atom is 0.223 e. The molecule has 1 aliphatic heterocycles. The summed E-state index contributed by atoms with van der Waals surface area (Å²) in [5, 5.41) is 7.73. The third-order valence-corrected chi connectivity index (χ3v) is 5.55. The highest BCUT2D eigenvalue weighted by molar-refractivity contribution is 6.35. The normalized spacial score (nSPS) is 22.0. The number of hydrogen-bond donors (Lipinski definition) is 2. The Morgan fingerprint density at radius 2 is 1.91 bits per heavy atom. The van der Waals surface area contributed by atoms with E-state index in [0.29, 0.717) is 23.0 Å². The summed E-state index contributed by atoms with van der Waals surface area (Å²) in [5.74, 6) is 0.404. The van der Waals surface area contributed by atoms with E-state index in [0.717, 1.165) is 37.9 Å². The van der Waals surface area contributed by atoms with Crippen LogP contribution >= 0.6 is 35.6 Å². The van der Waals surface area contributed by atoms with Crippen LogP contribution in [0.25, 0.3) is 0 Å². The number of amides is 1.